The highest BCUT2D eigenvalue weighted by atomic mass is 32.2. The molecule has 0 bridgehead atoms. The van der Waals surface area contributed by atoms with E-state index in [1.165, 1.54) is 17.6 Å². The molecule has 0 aliphatic heterocycles. The third kappa shape index (κ3) is 3.36. The molecule has 4 nitrogen and oxygen atoms in total. The first-order valence-electron chi connectivity index (χ1n) is 4.30. The lowest BCUT2D eigenvalue weighted by molar-refractivity contribution is 0.600. The minimum absolute atomic E-state index is 0.00804. The molecule has 0 saturated heterocycles. The Morgan fingerprint density at radius 1 is 1.64 bits per heavy atom. The molecule has 6 heteroatoms. The van der Waals surface area contributed by atoms with Crippen molar-refractivity contribution >= 4 is 21.2 Å². The van der Waals surface area contributed by atoms with Gasteiger partial charge in [0.2, 0.25) is 0 Å². The molecule has 1 heterocycles. The van der Waals surface area contributed by atoms with Crippen LogP contribution in [0.15, 0.2) is 5.38 Å². The van der Waals surface area contributed by atoms with Crippen LogP contribution in [0.2, 0.25) is 0 Å². The van der Waals surface area contributed by atoms with Crippen LogP contribution in [0.5, 0.6) is 0 Å². The van der Waals surface area contributed by atoms with E-state index in [4.69, 9.17) is 5.73 Å². The van der Waals surface area contributed by atoms with Gasteiger partial charge < -0.3 is 5.73 Å². The van der Waals surface area contributed by atoms with Gasteiger partial charge in [-0.2, -0.15) is 0 Å². The summed E-state index contributed by atoms with van der Waals surface area (Å²) in [7, 11) is -2.99. The van der Waals surface area contributed by atoms with E-state index in [0.29, 0.717) is 5.01 Å². The fourth-order valence-corrected chi connectivity index (χ4v) is 3.07. The maximum atomic E-state index is 11.0. The van der Waals surface area contributed by atoms with Gasteiger partial charge in [0.25, 0.3) is 0 Å². The van der Waals surface area contributed by atoms with Gasteiger partial charge in [-0.25, -0.2) is 13.4 Å². The number of thiazole rings is 1. The highest BCUT2D eigenvalue weighted by Crippen LogP contribution is 2.18. The lowest BCUT2D eigenvalue weighted by Crippen LogP contribution is -2.09. The minimum atomic E-state index is -2.99. The molecule has 0 saturated carbocycles. The van der Waals surface area contributed by atoms with Gasteiger partial charge in [-0.05, 0) is 6.42 Å². The summed E-state index contributed by atoms with van der Waals surface area (Å²) in [6.45, 7) is 1.97. The van der Waals surface area contributed by atoms with Crippen LogP contribution in [0.3, 0.4) is 0 Å². The topological polar surface area (TPSA) is 73.1 Å². The normalized spacial score (nSPS) is 14.2. The first-order chi connectivity index (χ1) is 6.42. The van der Waals surface area contributed by atoms with Crippen molar-refractivity contribution in [2.45, 2.75) is 25.1 Å². The summed E-state index contributed by atoms with van der Waals surface area (Å²) in [5.41, 5.74) is 6.55. The Balaban J connectivity index is 2.79. The third-order valence-corrected chi connectivity index (χ3v) is 3.62. The Morgan fingerprint density at radius 3 is 2.79 bits per heavy atom. The smallest absolute Gasteiger partial charge is 0.153 e. The number of rotatable bonds is 4. The number of hydrogen-bond donors (Lipinski definition) is 1. The second-order valence-corrected chi connectivity index (χ2v) is 6.33. The van der Waals surface area contributed by atoms with Gasteiger partial charge in [0.05, 0.1) is 5.69 Å². The second-order valence-electron chi connectivity index (χ2n) is 3.25. The summed E-state index contributed by atoms with van der Waals surface area (Å²) in [4.78, 5) is 4.18. The predicted molar refractivity (Wildman–Crippen MR) is 57.9 cm³/mol. The lowest BCUT2D eigenvalue weighted by Gasteiger charge is -2.02. The van der Waals surface area contributed by atoms with E-state index in [1.54, 1.807) is 0 Å². The molecule has 0 radical (unpaired) electrons. The molecule has 2 N–H and O–H groups in total. The van der Waals surface area contributed by atoms with Gasteiger partial charge >= 0.3 is 0 Å². The molecular weight excluding hydrogens is 220 g/mol. The van der Waals surface area contributed by atoms with Crippen molar-refractivity contribution in [3.63, 3.8) is 0 Å². The minimum Gasteiger partial charge on any atom is -0.323 e. The van der Waals surface area contributed by atoms with E-state index in [0.717, 1.165) is 12.1 Å². The molecule has 1 aromatic heterocycles. The summed E-state index contributed by atoms with van der Waals surface area (Å²) in [6.07, 6.45) is 2.01. The van der Waals surface area contributed by atoms with Crippen LogP contribution >= 0.6 is 11.3 Å². The molecule has 0 fully saturated rings. The average molecular weight is 234 g/mol. The third-order valence-electron chi connectivity index (χ3n) is 1.77. The van der Waals surface area contributed by atoms with E-state index >= 15 is 0 Å². The number of hydrogen-bond acceptors (Lipinski definition) is 5. The fraction of sp³-hybridized carbons (Fsp3) is 0.625. The van der Waals surface area contributed by atoms with Crippen molar-refractivity contribution in [1.82, 2.24) is 4.98 Å². The van der Waals surface area contributed by atoms with Gasteiger partial charge in [0.15, 0.2) is 9.84 Å². The molecule has 14 heavy (non-hydrogen) atoms. The molecule has 1 rings (SSSR count). The van der Waals surface area contributed by atoms with Gasteiger partial charge in [-0.3, -0.25) is 0 Å². The number of sulfone groups is 1. The van der Waals surface area contributed by atoms with E-state index in [2.05, 4.69) is 4.98 Å². The highest BCUT2D eigenvalue weighted by molar-refractivity contribution is 7.90. The van der Waals surface area contributed by atoms with Crippen molar-refractivity contribution in [3.8, 4) is 0 Å². The van der Waals surface area contributed by atoms with Gasteiger partial charge in [-0.1, -0.05) is 6.92 Å². The molecule has 1 aromatic rings. The van der Waals surface area contributed by atoms with Crippen LogP contribution in [0.4, 0.5) is 0 Å². The van der Waals surface area contributed by atoms with E-state index in [-0.39, 0.29) is 11.8 Å². The maximum Gasteiger partial charge on any atom is 0.153 e. The lowest BCUT2D eigenvalue weighted by atomic mass is 10.2. The van der Waals surface area contributed by atoms with Crippen molar-refractivity contribution in [1.29, 1.82) is 0 Å². The Bertz CT molecular complexity index is 397. The highest BCUT2D eigenvalue weighted by Gasteiger charge is 2.11. The Kier molecular flexibility index (Phi) is 3.63. The first kappa shape index (κ1) is 11.6. The molecule has 80 valence electrons. The monoisotopic (exact) mass is 234 g/mol. The summed E-state index contributed by atoms with van der Waals surface area (Å²) < 4.78 is 22.0. The van der Waals surface area contributed by atoms with Crippen molar-refractivity contribution in [2.75, 3.05) is 6.26 Å². The largest absolute Gasteiger partial charge is 0.323 e. The Labute approximate surface area is 88.1 Å². The average Bonchev–Trinajstić information content (AvgIpc) is 2.48. The van der Waals surface area contributed by atoms with Crippen LogP contribution < -0.4 is 5.73 Å². The van der Waals surface area contributed by atoms with Crippen LogP contribution in [-0.2, 0) is 15.6 Å². The van der Waals surface area contributed by atoms with E-state index < -0.39 is 9.84 Å². The van der Waals surface area contributed by atoms with Crippen LogP contribution in [0.1, 0.15) is 30.1 Å². The van der Waals surface area contributed by atoms with Crippen LogP contribution in [0.25, 0.3) is 0 Å². The summed E-state index contributed by atoms with van der Waals surface area (Å²) in [6, 6.07) is -0.0837. The fourth-order valence-electron chi connectivity index (χ4n) is 0.995. The maximum absolute atomic E-state index is 11.0. The predicted octanol–water partition coefficient (Wildman–Crippen LogP) is 1.10. The van der Waals surface area contributed by atoms with E-state index in [9.17, 15) is 8.42 Å². The van der Waals surface area contributed by atoms with Gasteiger partial charge in [-0.15, -0.1) is 11.3 Å². The van der Waals surface area contributed by atoms with Crippen molar-refractivity contribution in [3.05, 3.63) is 16.1 Å². The second kappa shape index (κ2) is 4.37. The molecule has 0 spiro atoms. The van der Waals surface area contributed by atoms with Crippen molar-refractivity contribution in [2.24, 2.45) is 5.73 Å². The number of nitrogens with two attached hydrogens (primary N) is 1. The summed E-state index contributed by atoms with van der Waals surface area (Å²) >= 11 is 1.35. The molecule has 1 unspecified atom stereocenters. The molecule has 0 aliphatic rings. The van der Waals surface area contributed by atoms with Crippen LogP contribution in [-0.4, -0.2) is 19.7 Å². The quantitative estimate of drug-likeness (QED) is 0.846. The molecule has 0 amide bonds. The molecule has 1 atom stereocenters. The first-order valence-corrected chi connectivity index (χ1v) is 7.24. The number of nitrogens with zero attached hydrogens (tertiary/aromatic N) is 1. The molecule has 0 aromatic carbocycles. The zero-order chi connectivity index (χ0) is 10.8. The van der Waals surface area contributed by atoms with Crippen molar-refractivity contribution < 1.29 is 8.42 Å². The summed E-state index contributed by atoms with van der Waals surface area (Å²) in [5, 5.41) is 2.45. The zero-order valence-electron chi connectivity index (χ0n) is 8.23. The standard InChI is InChI=1S/C8H14N2O2S2/c1-3-6(9)7-4-13-8(10-7)5-14(2,11)12/h4,6H,3,5,9H2,1-2H3. The summed E-state index contributed by atoms with van der Waals surface area (Å²) in [5.74, 6) is 0.00804. The van der Waals surface area contributed by atoms with Gasteiger partial charge in [0, 0.05) is 17.7 Å². The zero-order valence-corrected chi connectivity index (χ0v) is 9.86. The van der Waals surface area contributed by atoms with Gasteiger partial charge in [0.1, 0.15) is 10.8 Å². The Hall–Kier alpha value is -0.460. The van der Waals surface area contributed by atoms with E-state index in [1.807, 2.05) is 12.3 Å². The van der Waals surface area contributed by atoms with Crippen LogP contribution in [0, 0.1) is 0 Å². The SMILES string of the molecule is CCC(N)c1csc(CS(C)(=O)=O)n1. The number of aromatic nitrogens is 1. The Morgan fingerprint density at radius 2 is 2.29 bits per heavy atom. The molecular formula is C8H14N2O2S2. The molecule has 0 aliphatic carbocycles.